The van der Waals surface area contributed by atoms with E-state index in [4.69, 9.17) is 4.98 Å². The van der Waals surface area contributed by atoms with Crippen LogP contribution in [0.25, 0.3) is 22.2 Å². The second kappa shape index (κ2) is 10.4. The Labute approximate surface area is 204 Å². The summed E-state index contributed by atoms with van der Waals surface area (Å²) in [4.78, 5) is 11.7. The number of rotatable bonds is 8. The topological polar surface area (TPSA) is 84.7 Å². The fourth-order valence-corrected chi connectivity index (χ4v) is 4.34. The maximum absolute atomic E-state index is 13.3. The molecule has 0 amide bonds. The first-order chi connectivity index (χ1) is 17.0. The molecule has 182 valence electrons. The van der Waals surface area contributed by atoms with Crippen LogP contribution >= 0.6 is 0 Å². The molecule has 5 heterocycles. The molecule has 35 heavy (non-hydrogen) atoms. The highest BCUT2D eigenvalue weighted by molar-refractivity contribution is 5.81. The van der Waals surface area contributed by atoms with E-state index in [1.807, 2.05) is 47.5 Å². The molecule has 0 saturated carbocycles. The minimum Gasteiger partial charge on any atom is -0.323 e. The SMILES string of the molecule is CC(C)c1cnnc(Nc2ccc3ncc(-c4cnn(CCCN5CCC(F)CC5)c4)cc3n2)c1. The molecule has 0 unspecified atom stereocenters. The van der Waals surface area contributed by atoms with Crippen LogP contribution in [0.15, 0.2) is 49.1 Å². The van der Waals surface area contributed by atoms with E-state index in [1.165, 1.54) is 0 Å². The van der Waals surface area contributed by atoms with Gasteiger partial charge in [-0.15, -0.1) is 5.10 Å². The van der Waals surface area contributed by atoms with Crippen LogP contribution in [0.3, 0.4) is 0 Å². The lowest BCUT2D eigenvalue weighted by Crippen LogP contribution is -2.35. The number of hydrogen-bond acceptors (Lipinski definition) is 7. The highest BCUT2D eigenvalue weighted by atomic mass is 19.1. The highest BCUT2D eigenvalue weighted by Crippen LogP contribution is 2.24. The van der Waals surface area contributed by atoms with Crippen LogP contribution in [0.5, 0.6) is 0 Å². The fourth-order valence-electron chi connectivity index (χ4n) is 4.34. The molecule has 0 spiro atoms. The van der Waals surface area contributed by atoms with Gasteiger partial charge in [-0.2, -0.15) is 10.2 Å². The van der Waals surface area contributed by atoms with Gasteiger partial charge >= 0.3 is 0 Å². The maximum Gasteiger partial charge on any atom is 0.154 e. The number of anilines is 2. The van der Waals surface area contributed by atoms with Gasteiger partial charge in [0.15, 0.2) is 5.82 Å². The summed E-state index contributed by atoms with van der Waals surface area (Å²) in [6, 6.07) is 7.87. The zero-order chi connectivity index (χ0) is 24.2. The third-order valence-electron chi connectivity index (χ3n) is 6.48. The second-order valence-corrected chi connectivity index (χ2v) is 9.47. The Morgan fingerprint density at radius 2 is 1.86 bits per heavy atom. The first kappa shape index (κ1) is 23.3. The van der Waals surface area contributed by atoms with Gasteiger partial charge in [0.2, 0.25) is 0 Å². The van der Waals surface area contributed by atoms with Crippen molar-refractivity contribution in [3.05, 3.63) is 54.6 Å². The van der Waals surface area contributed by atoms with E-state index in [-0.39, 0.29) is 0 Å². The molecule has 4 aromatic heterocycles. The Morgan fingerprint density at radius 3 is 2.69 bits per heavy atom. The van der Waals surface area contributed by atoms with E-state index in [9.17, 15) is 4.39 Å². The van der Waals surface area contributed by atoms with E-state index < -0.39 is 6.17 Å². The number of alkyl halides is 1. The standard InChI is InChI=1S/C26H31FN8/c1-18(2)19-13-26(33-29-15-19)32-25-5-4-23-24(31-25)12-20(14-28-23)21-16-30-35(17-21)9-3-8-34-10-6-22(27)7-11-34/h4-5,12-18,22H,3,6-11H2,1-2H3,(H,31,32,33). The first-order valence-electron chi connectivity index (χ1n) is 12.3. The average molecular weight is 475 g/mol. The Kier molecular flexibility index (Phi) is 6.94. The Balaban J connectivity index is 1.25. The molecule has 5 rings (SSSR count). The summed E-state index contributed by atoms with van der Waals surface area (Å²) in [5, 5.41) is 16.0. The molecule has 0 radical (unpaired) electrons. The zero-order valence-corrected chi connectivity index (χ0v) is 20.2. The van der Waals surface area contributed by atoms with Crippen molar-refractivity contribution >= 4 is 22.7 Å². The van der Waals surface area contributed by atoms with Gasteiger partial charge in [-0.25, -0.2) is 9.37 Å². The molecule has 4 aromatic rings. The molecule has 1 saturated heterocycles. The molecular formula is C26H31FN8. The molecule has 0 atom stereocenters. The van der Waals surface area contributed by atoms with E-state index in [0.29, 0.717) is 30.4 Å². The van der Waals surface area contributed by atoms with Crippen molar-refractivity contribution in [3.8, 4) is 11.1 Å². The van der Waals surface area contributed by atoms with Gasteiger partial charge in [0.25, 0.3) is 0 Å². The summed E-state index contributed by atoms with van der Waals surface area (Å²) in [7, 11) is 0. The van der Waals surface area contributed by atoms with E-state index in [1.54, 1.807) is 6.20 Å². The van der Waals surface area contributed by atoms with Crippen LogP contribution in [0.1, 0.15) is 44.6 Å². The number of hydrogen-bond donors (Lipinski definition) is 1. The van der Waals surface area contributed by atoms with Crippen molar-refractivity contribution in [2.24, 2.45) is 0 Å². The normalized spacial score (nSPS) is 15.2. The number of aromatic nitrogens is 6. The van der Waals surface area contributed by atoms with Crippen molar-refractivity contribution in [2.45, 2.75) is 51.7 Å². The van der Waals surface area contributed by atoms with Gasteiger partial charge in [0.1, 0.15) is 12.0 Å². The lowest BCUT2D eigenvalue weighted by molar-refractivity contribution is 0.148. The van der Waals surface area contributed by atoms with Crippen LogP contribution in [0.2, 0.25) is 0 Å². The van der Waals surface area contributed by atoms with Crippen molar-refractivity contribution < 1.29 is 4.39 Å². The summed E-state index contributed by atoms with van der Waals surface area (Å²) >= 11 is 0. The molecular weight excluding hydrogens is 443 g/mol. The molecule has 0 aliphatic carbocycles. The zero-order valence-electron chi connectivity index (χ0n) is 20.2. The number of nitrogens with one attached hydrogen (secondary N) is 1. The van der Waals surface area contributed by atoms with Crippen molar-refractivity contribution in [3.63, 3.8) is 0 Å². The number of fused-ring (bicyclic) bond motifs is 1. The number of nitrogens with zero attached hydrogens (tertiary/aromatic N) is 7. The van der Waals surface area contributed by atoms with Gasteiger partial charge in [0.05, 0.1) is 23.4 Å². The monoisotopic (exact) mass is 474 g/mol. The molecule has 9 heteroatoms. The van der Waals surface area contributed by atoms with Gasteiger partial charge in [-0.1, -0.05) is 13.8 Å². The summed E-state index contributed by atoms with van der Waals surface area (Å²) < 4.78 is 15.3. The molecule has 8 nitrogen and oxygen atoms in total. The van der Waals surface area contributed by atoms with Gasteiger partial charge in [-0.3, -0.25) is 9.67 Å². The Hall–Kier alpha value is -3.46. The van der Waals surface area contributed by atoms with Crippen LogP contribution in [0.4, 0.5) is 16.0 Å². The summed E-state index contributed by atoms with van der Waals surface area (Å²) in [5.74, 6) is 1.74. The number of halogens is 1. The van der Waals surface area contributed by atoms with Crippen LogP contribution in [0, 0.1) is 0 Å². The van der Waals surface area contributed by atoms with Crippen molar-refractivity contribution in [1.29, 1.82) is 0 Å². The quantitative estimate of drug-likeness (QED) is 0.386. The molecule has 1 aliphatic rings. The minimum absolute atomic E-state index is 0.372. The summed E-state index contributed by atoms with van der Waals surface area (Å²) in [5.41, 5.74) is 4.72. The molecule has 1 N–H and O–H groups in total. The molecule has 0 bridgehead atoms. The number of piperidine rings is 1. The largest absolute Gasteiger partial charge is 0.323 e. The van der Waals surface area contributed by atoms with Gasteiger partial charge < -0.3 is 10.2 Å². The molecule has 1 fully saturated rings. The lowest BCUT2D eigenvalue weighted by atomic mass is 10.1. The predicted molar refractivity (Wildman–Crippen MR) is 135 cm³/mol. The van der Waals surface area contributed by atoms with Crippen molar-refractivity contribution in [1.82, 2.24) is 34.8 Å². The predicted octanol–water partition coefficient (Wildman–Crippen LogP) is 4.97. The fraction of sp³-hybridized carbons (Fsp3) is 0.423. The molecule has 1 aliphatic heterocycles. The minimum atomic E-state index is -0.624. The maximum atomic E-state index is 13.3. The number of aryl methyl sites for hydroxylation is 1. The first-order valence-corrected chi connectivity index (χ1v) is 12.3. The van der Waals surface area contributed by atoms with E-state index >= 15 is 0 Å². The van der Waals surface area contributed by atoms with Gasteiger partial charge in [-0.05, 0) is 61.6 Å². The van der Waals surface area contributed by atoms with E-state index in [2.05, 4.69) is 44.3 Å². The smallest absolute Gasteiger partial charge is 0.154 e. The van der Waals surface area contributed by atoms with E-state index in [0.717, 1.165) is 60.3 Å². The van der Waals surface area contributed by atoms with Crippen LogP contribution in [-0.2, 0) is 6.54 Å². The Morgan fingerprint density at radius 1 is 1.00 bits per heavy atom. The number of pyridine rings is 2. The summed E-state index contributed by atoms with van der Waals surface area (Å²) in [6.07, 6.45) is 9.24. The van der Waals surface area contributed by atoms with Crippen LogP contribution in [-0.4, -0.2) is 60.7 Å². The van der Waals surface area contributed by atoms with Crippen LogP contribution < -0.4 is 5.32 Å². The third kappa shape index (κ3) is 5.79. The highest BCUT2D eigenvalue weighted by Gasteiger charge is 2.17. The second-order valence-electron chi connectivity index (χ2n) is 9.47. The van der Waals surface area contributed by atoms with Crippen molar-refractivity contribution in [2.75, 3.05) is 25.0 Å². The Bertz CT molecular complexity index is 1280. The molecule has 0 aromatic carbocycles. The summed E-state index contributed by atoms with van der Waals surface area (Å²) in [6.45, 7) is 7.77. The third-order valence-corrected chi connectivity index (χ3v) is 6.48. The average Bonchev–Trinajstić information content (AvgIpc) is 3.34. The van der Waals surface area contributed by atoms with Gasteiger partial charge in [0, 0.05) is 43.2 Å². The lowest BCUT2D eigenvalue weighted by Gasteiger charge is -2.28. The number of likely N-dealkylation sites (tertiary alicyclic amines) is 1.